The zero-order valence-electron chi connectivity index (χ0n) is 49.8. The molecule has 0 unspecified atom stereocenters. The molecular weight excluding hydrogens is 1410 g/mol. The monoisotopic (exact) mass is 1480 g/mol. The summed E-state index contributed by atoms with van der Waals surface area (Å²) in [4.78, 5) is 41.4. The number of ether oxygens (including phenoxy) is 5. The molecule has 18 N–H and O–H groups in total. The van der Waals surface area contributed by atoms with E-state index in [1.165, 1.54) is 62.5 Å². The zero-order valence-corrected chi connectivity index (χ0v) is 55.1. The van der Waals surface area contributed by atoms with Crippen LogP contribution in [0.1, 0.15) is 0 Å². The van der Waals surface area contributed by atoms with Gasteiger partial charge in [-0.05, 0) is 18.2 Å². The average Bonchev–Trinajstić information content (AvgIpc) is 1.67. The number of nitrogens with zero attached hydrogens (tertiary/aromatic N) is 9. The lowest BCUT2D eigenvalue weighted by Gasteiger charge is -2.33. The van der Waals surface area contributed by atoms with Gasteiger partial charge in [0, 0.05) is 43.2 Å². The second-order valence-corrected chi connectivity index (χ2v) is 25.0. The van der Waals surface area contributed by atoms with Crippen molar-refractivity contribution in [1.82, 2.24) is 35.1 Å². The summed E-state index contributed by atoms with van der Waals surface area (Å²) in [6.45, 7) is 13.3. The number of aliphatic imine (C=N–C) groups is 3. The number of hydrogen-bond donors (Lipinski definition) is 15. The standard InChI is InChI=1S/C11H15Cl2N3O3.C11H14Cl2N2O4.C11H15ClFN3O3.C11H14ClFN2O4.C11H13ClN4O3/c1-6-15-7(14)2-3-16(6)10-8(13)9(18)11(4-12,5-17)19-10;1-6-14-7(17)2-3-15(6)10-8(13)9(18)11(4-12,5-16)19-10;1-6-15-7(14)2-3-16(6)10-8(12)9(18)11(4-13,5-17)19-10;1-6-14-7(17)2-3-15(6)10-8(12)9(18)11(4-13,5-16)19-10;1-6-15-7(14)2-3-16(6)10-8(12)9(18)11(4-13,5-17)19-10/h2-3,8-10,17-18H,1,4-5H2,(H2,14,15);2-3,8-10,16,18H,1,4-5H2,(H,14,17);2-3,8-10,17-18H,1,4-5H2,(H2,14,15);2-3,8-10,16,18H,1,4-5H2,(H,14,17);2-3,8-10,17-18H,1,5H2,(H2,14,15)/t5*8-,9+,10-,11-/m11111/s1. The molecule has 10 aliphatic heterocycles. The molecule has 5 fully saturated rings. The molecule has 0 spiro atoms. The molecule has 0 aliphatic carbocycles. The summed E-state index contributed by atoms with van der Waals surface area (Å²) in [6, 6.07) is 1.75. The minimum Gasteiger partial charge on any atom is -0.393 e. The molecule has 0 aromatic rings. The van der Waals surface area contributed by atoms with Crippen LogP contribution in [0.3, 0.4) is 0 Å². The van der Waals surface area contributed by atoms with Gasteiger partial charge >= 0.3 is 0 Å². The van der Waals surface area contributed by atoms with E-state index in [2.05, 4.69) is 58.5 Å². The van der Waals surface area contributed by atoms with Crippen molar-refractivity contribution in [3.05, 3.63) is 123 Å². The number of rotatable bonds is 14. The van der Waals surface area contributed by atoms with Crippen molar-refractivity contribution in [3.8, 4) is 6.07 Å². The highest BCUT2D eigenvalue weighted by Crippen LogP contribution is 2.43. The predicted octanol–water partition coefficient (Wildman–Crippen LogP) is -2.04. The van der Waals surface area contributed by atoms with E-state index in [0.717, 1.165) is 0 Å². The molecule has 10 aliphatic rings. The Morgan fingerprint density at radius 1 is 0.474 bits per heavy atom. The van der Waals surface area contributed by atoms with Crippen LogP contribution in [0.15, 0.2) is 138 Å². The number of carbonyl (C=O) groups excluding carboxylic acids is 2. The Balaban J connectivity index is 0.000000188. The van der Waals surface area contributed by atoms with E-state index >= 15 is 0 Å². The van der Waals surface area contributed by atoms with E-state index < -0.39 is 163 Å². The zero-order chi connectivity index (χ0) is 71.0. The Labute approximate surface area is 577 Å². The van der Waals surface area contributed by atoms with Crippen molar-refractivity contribution in [2.24, 2.45) is 32.2 Å². The molecular formula is C55H71Cl7F2N14O17. The smallest absolute Gasteiger partial charge is 0.250 e. The van der Waals surface area contributed by atoms with Gasteiger partial charge in [0.25, 0.3) is 11.8 Å². The molecule has 0 bridgehead atoms. The Morgan fingerprint density at radius 3 is 0.958 bits per heavy atom. The normalized spacial score (nSPS) is 38.6. The first-order chi connectivity index (χ1) is 44.7. The molecule has 31 nitrogen and oxygen atoms in total. The van der Waals surface area contributed by atoms with Crippen LogP contribution in [0.4, 0.5) is 8.78 Å². The van der Waals surface area contributed by atoms with Crippen molar-refractivity contribution in [2.45, 2.75) is 117 Å². The molecule has 5 saturated heterocycles. The number of hydrogen-bond acceptors (Lipinski definition) is 29. The van der Waals surface area contributed by atoms with Crippen LogP contribution in [0, 0.1) is 11.3 Å². The molecule has 10 rings (SSSR count). The minimum atomic E-state index is -1.76. The molecule has 40 heteroatoms. The van der Waals surface area contributed by atoms with Gasteiger partial charge < -0.3 is 127 Å². The van der Waals surface area contributed by atoms with Crippen molar-refractivity contribution in [3.63, 3.8) is 0 Å². The summed E-state index contributed by atoms with van der Waals surface area (Å²) < 4.78 is 53.6. The van der Waals surface area contributed by atoms with Gasteiger partial charge in [-0.1, -0.05) is 32.9 Å². The van der Waals surface area contributed by atoms with Gasteiger partial charge in [0.05, 0.1) is 44.8 Å². The first-order valence-electron chi connectivity index (χ1n) is 27.9. The Kier molecular flexibility index (Phi) is 26.8. The number of nitriles is 1. The number of halogens is 9. The number of carbonyl (C=O) groups is 2. The quantitative estimate of drug-likeness (QED) is 0.0833. The summed E-state index contributed by atoms with van der Waals surface area (Å²) >= 11 is 42.0. The largest absolute Gasteiger partial charge is 0.393 e. The van der Waals surface area contributed by atoms with Crippen LogP contribution in [-0.2, 0) is 33.3 Å². The van der Waals surface area contributed by atoms with Gasteiger partial charge in [-0.25, -0.2) is 23.8 Å². The van der Waals surface area contributed by atoms with E-state index in [9.17, 15) is 69.4 Å². The minimum absolute atomic E-state index is 0.0835. The van der Waals surface area contributed by atoms with E-state index in [-0.39, 0.29) is 58.5 Å². The molecule has 95 heavy (non-hydrogen) atoms. The SMILES string of the molecule is C=C1N=C(N)C=CN1[C@@H]1O[C@@](CO)(CCl)[C@@H](O)[C@H]1Cl.C=C1N=C(N)C=CN1[C@@H]1O[C@@](CO)(CF)[C@@H](O)[C@H]1Cl.C=C1N=C(N)C=CN1[C@@H]1O[C@](C#N)(CO)[C@@H](O)[C@H]1Cl.C=C1NC(=O)C=CN1[C@@H]1O[C@@](CO)(CCl)[C@@H](O)[C@H]1Cl.C=C1NC(=O)C=CN1[C@@H]1O[C@@](CO)(CF)[C@@H](O)[C@H]1Cl. The molecule has 0 aromatic carbocycles. The van der Waals surface area contributed by atoms with Crippen LogP contribution in [0.5, 0.6) is 0 Å². The number of alkyl halides is 9. The fourth-order valence-corrected chi connectivity index (χ4v) is 12.7. The third kappa shape index (κ3) is 15.8. The fourth-order valence-electron chi connectivity index (χ4n) is 10.1. The van der Waals surface area contributed by atoms with Gasteiger partial charge in [0.2, 0.25) is 5.60 Å². The molecule has 10 heterocycles. The van der Waals surface area contributed by atoms with E-state index in [0.29, 0.717) is 11.7 Å². The van der Waals surface area contributed by atoms with Crippen LogP contribution in [-0.4, -0.2) is 280 Å². The Morgan fingerprint density at radius 2 is 0.737 bits per heavy atom. The van der Waals surface area contributed by atoms with Crippen molar-refractivity contribution in [1.29, 1.82) is 5.26 Å². The summed E-state index contributed by atoms with van der Waals surface area (Å²) in [5, 5.41) is 106. The first kappa shape index (κ1) is 78.5. The van der Waals surface area contributed by atoms with Gasteiger partial charge in [-0.2, -0.15) is 5.26 Å². The second kappa shape index (κ2) is 32.5. The second-order valence-electron chi connectivity index (χ2n) is 21.9. The van der Waals surface area contributed by atoms with Gasteiger partial charge in [0.15, 0.2) is 31.1 Å². The summed E-state index contributed by atoms with van der Waals surface area (Å²) in [7, 11) is 0. The molecule has 0 saturated carbocycles. The summed E-state index contributed by atoms with van der Waals surface area (Å²) in [5.41, 5.74) is 8.71. The number of amidine groups is 3. The van der Waals surface area contributed by atoms with Crippen molar-refractivity contribution in [2.75, 3.05) is 58.1 Å². The lowest BCUT2D eigenvalue weighted by atomic mass is 9.99. The number of aliphatic hydroxyl groups excluding tert-OH is 10. The van der Waals surface area contributed by atoms with Crippen LogP contribution < -0.4 is 27.8 Å². The molecule has 0 aromatic heterocycles. The maximum atomic E-state index is 13.1. The predicted molar refractivity (Wildman–Crippen MR) is 342 cm³/mol. The molecule has 20 atom stereocenters. The molecule has 2 amide bonds. The lowest BCUT2D eigenvalue weighted by molar-refractivity contribution is -0.144. The van der Waals surface area contributed by atoms with Crippen molar-refractivity contribution < 1.29 is 93.1 Å². The topological polar surface area (TPSA) is 462 Å². The highest BCUT2D eigenvalue weighted by Gasteiger charge is 2.60. The first-order valence-corrected chi connectivity index (χ1v) is 31.1. The van der Waals surface area contributed by atoms with Crippen LogP contribution in [0.25, 0.3) is 0 Å². The van der Waals surface area contributed by atoms with Crippen molar-refractivity contribution >= 4 is 111 Å². The maximum Gasteiger partial charge on any atom is 0.250 e. The Bertz CT molecular complexity index is 3010. The number of nitrogens with two attached hydrogens (primary N) is 3. The van der Waals surface area contributed by atoms with Gasteiger partial charge in [-0.3, -0.25) is 9.59 Å². The summed E-state index contributed by atoms with van der Waals surface area (Å²) in [6.07, 6.45) is 4.07. The fraction of sp³-hybridized carbons (Fsp3) is 0.527. The molecule has 0 radical (unpaired) electrons. The lowest BCUT2D eigenvalue weighted by Crippen LogP contribution is -2.47. The maximum absolute atomic E-state index is 13.1. The number of aliphatic hydroxyl groups is 10. The highest BCUT2D eigenvalue weighted by atomic mass is 35.5. The average molecular weight is 1490 g/mol. The van der Waals surface area contributed by atoms with E-state index in [1.807, 2.05) is 0 Å². The number of nitrogens with one attached hydrogen (secondary N) is 2. The number of amides is 2. The third-order valence-electron chi connectivity index (χ3n) is 15.8. The third-order valence-corrected chi connectivity index (χ3v) is 19.0. The van der Waals surface area contributed by atoms with E-state index in [1.54, 1.807) is 29.4 Å². The molecule has 526 valence electrons. The Hall–Kier alpha value is -5.47. The van der Waals surface area contributed by atoms with Crippen LogP contribution >= 0.6 is 81.2 Å². The van der Waals surface area contributed by atoms with E-state index in [4.69, 9.17) is 127 Å². The van der Waals surface area contributed by atoms with Gasteiger partial charge in [-0.15, -0.1) is 81.2 Å². The summed E-state index contributed by atoms with van der Waals surface area (Å²) in [5.74, 6) is 1.35. The van der Waals surface area contributed by atoms with Gasteiger partial charge in [0.1, 0.15) is 146 Å². The highest BCUT2D eigenvalue weighted by molar-refractivity contribution is 6.23. The van der Waals surface area contributed by atoms with Crippen LogP contribution in [0.2, 0.25) is 0 Å².